The van der Waals surface area contributed by atoms with Gasteiger partial charge < -0.3 is 20.9 Å². The molecule has 0 saturated carbocycles. The summed E-state index contributed by atoms with van der Waals surface area (Å²) >= 11 is 6.02. The van der Waals surface area contributed by atoms with Crippen molar-refractivity contribution in [2.45, 2.75) is 12.2 Å². The molecule has 0 fully saturated rings. The average molecular weight is 241 g/mol. The second-order valence-corrected chi connectivity index (χ2v) is 4.09. The van der Waals surface area contributed by atoms with Crippen LogP contribution < -0.4 is 5.73 Å². The summed E-state index contributed by atoms with van der Waals surface area (Å²) in [7, 11) is 0. The van der Waals surface area contributed by atoms with E-state index in [0.717, 1.165) is 10.9 Å². The van der Waals surface area contributed by atoms with Crippen molar-refractivity contribution < 1.29 is 10.2 Å². The molecule has 16 heavy (non-hydrogen) atoms. The number of hydrogen-bond donors (Lipinski definition) is 4. The highest BCUT2D eigenvalue weighted by atomic mass is 35.5. The van der Waals surface area contributed by atoms with E-state index in [4.69, 9.17) is 17.3 Å². The molecule has 0 aliphatic rings. The van der Waals surface area contributed by atoms with Gasteiger partial charge in [0, 0.05) is 28.8 Å². The fourth-order valence-electron chi connectivity index (χ4n) is 1.65. The molecular formula is C11H13ClN2O2. The number of rotatable bonds is 3. The largest absolute Gasteiger partial charge is 0.389 e. The van der Waals surface area contributed by atoms with E-state index in [9.17, 15) is 10.2 Å². The Balaban J connectivity index is 2.46. The summed E-state index contributed by atoms with van der Waals surface area (Å²) in [5.41, 5.74) is 6.68. The first-order valence-electron chi connectivity index (χ1n) is 4.96. The van der Waals surface area contributed by atoms with Gasteiger partial charge in [0.15, 0.2) is 0 Å². The normalized spacial score (nSPS) is 15.2. The third-order valence-corrected chi connectivity index (χ3v) is 2.92. The predicted octanol–water partition coefficient (Wildman–Crippen LogP) is 1.17. The van der Waals surface area contributed by atoms with Crippen molar-refractivity contribution in [1.29, 1.82) is 0 Å². The summed E-state index contributed by atoms with van der Waals surface area (Å²) in [5, 5.41) is 20.7. The molecule has 1 heterocycles. The van der Waals surface area contributed by atoms with Crippen LogP contribution in [0.4, 0.5) is 0 Å². The van der Waals surface area contributed by atoms with Crippen LogP contribution in [0.25, 0.3) is 10.9 Å². The molecule has 0 radical (unpaired) electrons. The van der Waals surface area contributed by atoms with Crippen LogP contribution in [-0.2, 0) is 0 Å². The molecule has 2 atom stereocenters. The van der Waals surface area contributed by atoms with Crippen molar-refractivity contribution in [3.05, 3.63) is 35.0 Å². The topological polar surface area (TPSA) is 82.3 Å². The number of aromatic amines is 1. The monoisotopic (exact) mass is 240 g/mol. The fourth-order valence-corrected chi connectivity index (χ4v) is 1.93. The molecule has 5 N–H and O–H groups in total. The highest BCUT2D eigenvalue weighted by Gasteiger charge is 2.20. The first-order valence-corrected chi connectivity index (χ1v) is 5.34. The number of aliphatic hydroxyl groups excluding tert-OH is 2. The van der Waals surface area contributed by atoms with Crippen molar-refractivity contribution in [3.63, 3.8) is 0 Å². The standard InChI is InChI=1S/C11H13ClN2O2/c12-8-4-9-6(1-2-14-9)3-7(8)11(16)10(15)5-13/h1-4,10-11,14-16H,5,13H2. The Morgan fingerprint density at radius 1 is 1.38 bits per heavy atom. The minimum atomic E-state index is -1.06. The smallest absolute Gasteiger partial charge is 0.108 e. The molecule has 0 aliphatic heterocycles. The van der Waals surface area contributed by atoms with E-state index < -0.39 is 12.2 Å². The molecule has 0 saturated heterocycles. The molecule has 5 heteroatoms. The van der Waals surface area contributed by atoms with E-state index in [1.54, 1.807) is 18.3 Å². The number of hydrogen-bond acceptors (Lipinski definition) is 3. The Labute approximate surface area is 97.6 Å². The zero-order valence-corrected chi connectivity index (χ0v) is 9.28. The zero-order valence-electron chi connectivity index (χ0n) is 8.52. The van der Waals surface area contributed by atoms with E-state index >= 15 is 0 Å². The number of nitrogens with one attached hydrogen (secondary N) is 1. The Morgan fingerprint density at radius 3 is 2.81 bits per heavy atom. The Hall–Kier alpha value is -1.07. The van der Waals surface area contributed by atoms with Gasteiger partial charge in [-0.2, -0.15) is 0 Å². The highest BCUT2D eigenvalue weighted by Crippen LogP contribution is 2.29. The lowest BCUT2D eigenvalue weighted by atomic mass is 10.0. The average Bonchev–Trinajstić information content (AvgIpc) is 2.72. The van der Waals surface area contributed by atoms with Gasteiger partial charge in [-0.1, -0.05) is 11.6 Å². The minimum Gasteiger partial charge on any atom is -0.389 e. The SMILES string of the molecule is NCC(O)C(O)c1cc2cc[nH]c2cc1Cl. The van der Waals surface area contributed by atoms with Gasteiger partial charge in [-0.25, -0.2) is 0 Å². The van der Waals surface area contributed by atoms with Crippen molar-refractivity contribution >= 4 is 22.5 Å². The van der Waals surface area contributed by atoms with E-state index in [0.29, 0.717) is 10.6 Å². The second kappa shape index (κ2) is 4.43. The number of aliphatic hydroxyl groups is 2. The van der Waals surface area contributed by atoms with Crippen molar-refractivity contribution in [3.8, 4) is 0 Å². The Bertz CT molecular complexity index is 498. The van der Waals surface area contributed by atoms with Crippen molar-refractivity contribution in [2.75, 3.05) is 6.54 Å². The summed E-state index contributed by atoms with van der Waals surface area (Å²) in [6.07, 6.45) is -0.276. The van der Waals surface area contributed by atoms with Gasteiger partial charge in [0.25, 0.3) is 0 Å². The zero-order chi connectivity index (χ0) is 11.7. The number of nitrogens with two attached hydrogens (primary N) is 1. The van der Waals surface area contributed by atoms with Gasteiger partial charge in [0.05, 0.1) is 6.10 Å². The van der Waals surface area contributed by atoms with Gasteiger partial charge in [-0.05, 0) is 23.6 Å². The van der Waals surface area contributed by atoms with Crippen LogP contribution in [0, 0.1) is 0 Å². The van der Waals surface area contributed by atoms with Gasteiger partial charge >= 0.3 is 0 Å². The molecule has 0 aliphatic carbocycles. The van der Waals surface area contributed by atoms with Crippen LogP contribution in [0.2, 0.25) is 5.02 Å². The van der Waals surface area contributed by atoms with E-state index in [2.05, 4.69) is 4.98 Å². The van der Waals surface area contributed by atoms with Crippen LogP contribution in [0.1, 0.15) is 11.7 Å². The quantitative estimate of drug-likeness (QED) is 0.650. The summed E-state index contributed by atoms with van der Waals surface area (Å²) in [5.74, 6) is 0. The maximum absolute atomic E-state index is 9.84. The number of fused-ring (bicyclic) bond motifs is 1. The summed E-state index contributed by atoms with van der Waals surface area (Å²) in [6, 6.07) is 5.34. The number of aromatic nitrogens is 1. The Kier molecular flexibility index (Phi) is 3.16. The molecule has 0 amide bonds. The van der Waals surface area contributed by atoms with Crippen LogP contribution in [-0.4, -0.2) is 27.8 Å². The van der Waals surface area contributed by atoms with Crippen molar-refractivity contribution in [2.24, 2.45) is 5.73 Å². The summed E-state index contributed by atoms with van der Waals surface area (Å²) in [6.45, 7) is -0.0112. The lowest BCUT2D eigenvalue weighted by Gasteiger charge is -2.17. The third kappa shape index (κ3) is 1.92. The van der Waals surface area contributed by atoms with E-state index in [1.165, 1.54) is 0 Å². The maximum atomic E-state index is 9.84. The molecule has 2 rings (SSSR count). The number of benzene rings is 1. The second-order valence-electron chi connectivity index (χ2n) is 3.69. The number of H-pyrrole nitrogens is 1. The van der Waals surface area contributed by atoms with E-state index in [1.807, 2.05) is 6.07 Å². The van der Waals surface area contributed by atoms with Gasteiger partial charge in [-0.3, -0.25) is 0 Å². The molecule has 86 valence electrons. The molecule has 2 aromatic rings. The van der Waals surface area contributed by atoms with E-state index in [-0.39, 0.29) is 6.54 Å². The minimum absolute atomic E-state index is 0.0112. The van der Waals surface area contributed by atoms with Gasteiger partial charge in [0.1, 0.15) is 6.10 Å². The van der Waals surface area contributed by atoms with Crippen LogP contribution in [0.3, 0.4) is 0 Å². The van der Waals surface area contributed by atoms with Gasteiger partial charge in [-0.15, -0.1) is 0 Å². The highest BCUT2D eigenvalue weighted by molar-refractivity contribution is 6.32. The fraction of sp³-hybridized carbons (Fsp3) is 0.273. The molecule has 0 spiro atoms. The molecular weight excluding hydrogens is 228 g/mol. The predicted molar refractivity (Wildman–Crippen MR) is 63.3 cm³/mol. The lowest BCUT2D eigenvalue weighted by molar-refractivity contribution is 0.0245. The summed E-state index contributed by atoms with van der Waals surface area (Å²) < 4.78 is 0. The van der Waals surface area contributed by atoms with Gasteiger partial charge in [0.2, 0.25) is 0 Å². The van der Waals surface area contributed by atoms with Crippen LogP contribution >= 0.6 is 11.6 Å². The number of halogens is 1. The first-order chi connectivity index (χ1) is 7.63. The first kappa shape index (κ1) is 11.4. The van der Waals surface area contributed by atoms with Crippen LogP contribution in [0.15, 0.2) is 24.4 Å². The van der Waals surface area contributed by atoms with Crippen LogP contribution in [0.5, 0.6) is 0 Å². The van der Waals surface area contributed by atoms with Crippen molar-refractivity contribution in [1.82, 2.24) is 4.98 Å². The Morgan fingerprint density at radius 2 is 2.12 bits per heavy atom. The third-order valence-electron chi connectivity index (χ3n) is 2.60. The molecule has 0 bridgehead atoms. The summed E-state index contributed by atoms with van der Waals surface area (Å²) in [4.78, 5) is 3.02. The molecule has 2 unspecified atom stereocenters. The molecule has 1 aromatic heterocycles. The maximum Gasteiger partial charge on any atom is 0.108 e. The lowest BCUT2D eigenvalue weighted by Crippen LogP contribution is -2.27. The molecule has 4 nitrogen and oxygen atoms in total. The molecule has 1 aromatic carbocycles.